The molecule has 5 aliphatic rings. The number of aryl methyl sites for hydroxylation is 1. The lowest BCUT2D eigenvalue weighted by atomic mass is 9.70. The SMILES string of the molecule is CCc1cc2c(cc1N1CCC(N3CCN(C(=O)COCCOCCOCCOCCOCCSc4cccc5c4CN(C4CCC(=O)NC4=O)C5=O)CC3)CC1)C(C)(C)c1[nH]c3ccccc3c1C2=O. The van der Waals surface area contributed by atoms with Crippen LogP contribution in [0.25, 0.3) is 10.9 Å². The first-order valence-corrected chi connectivity index (χ1v) is 26.4. The molecule has 0 radical (unpaired) electrons. The van der Waals surface area contributed by atoms with Crippen LogP contribution in [0.5, 0.6) is 0 Å². The van der Waals surface area contributed by atoms with E-state index in [2.05, 4.69) is 59.1 Å². The number of carbonyl (C=O) groups excluding carboxylic acids is 5. The molecule has 3 aromatic carbocycles. The van der Waals surface area contributed by atoms with Crippen molar-refractivity contribution in [2.24, 2.45) is 0 Å². The summed E-state index contributed by atoms with van der Waals surface area (Å²) < 4.78 is 28.3. The Morgan fingerprint density at radius 2 is 1.44 bits per heavy atom. The molecule has 2 N–H and O–H groups in total. The molecule has 17 heteroatoms. The van der Waals surface area contributed by atoms with Crippen molar-refractivity contribution >= 4 is 57.8 Å². The number of rotatable bonds is 22. The highest BCUT2D eigenvalue weighted by atomic mass is 32.2. The van der Waals surface area contributed by atoms with Gasteiger partial charge in [-0.2, -0.15) is 0 Å². The van der Waals surface area contributed by atoms with Crippen molar-refractivity contribution in [2.75, 3.05) is 116 Å². The van der Waals surface area contributed by atoms with Gasteiger partial charge in [-0.3, -0.25) is 34.2 Å². The van der Waals surface area contributed by atoms with Crippen molar-refractivity contribution in [1.82, 2.24) is 25.0 Å². The van der Waals surface area contributed by atoms with E-state index in [4.69, 9.17) is 23.7 Å². The fourth-order valence-electron chi connectivity index (χ4n) is 10.9. The molecule has 3 fully saturated rings. The van der Waals surface area contributed by atoms with Crippen LogP contribution in [0.1, 0.15) is 95.1 Å². The minimum Gasteiger partial charge on any atom is -0.378 e. The molecule has 16 nitrogen and oxygen atoms in total. The maximum Gasteiger partial charge on any atom is 0.255 e. The standard InChI is InChI=1S/C54H68N6O10S/c1-4-36-32-40-42(54(2,3)51-49(50(40)63)39-8-5-6-10-43(39)55-51)33-45(36)58-16-14-37(15-17-58)57-18-20-59(21-19-57)48(62)35-70-29-28-68-25-24-66-22-23-67-26-27-69-30-31-71-46-11-7-9-38-41(46)34-60(53(38)65)44-12-13-47(61)56-52(44)64/h5-11,32-33,37,44,55H,4,12-31,34-35H2,1-3H3,(H,56,61,64). The maximum atomic E-state index is 14.1. The number of ketones is 1. The molecule has 0 bridgehead atoms. The van der Waals surface area contributed by atoms with Crippen LogP contribution in [-0.4, -0.2) is 172 Å². The Hall–Kier alpha value is -5.14. The molecule has 4 aromatic rings. The minimum atomic E-state index is -0.629. The van der Waals surface area contributed by atoms with E-state index in [1.807, 2.05) is 35.2 Å². The van der Waals surface area contributed by atoms with Crippen molar-refractivity contribution in [1.29, 1.82) is 0 Å². The number of hydrogen-bond donors (Lipinski definition) is 2. The van der Waals surface area contributed by atoms with Crippen LogP contribution in [0, 0.1) is 0 Å². The average Bonchev–Trinajstić information content (AvgIpc) is 3.95. The van der Waals surface area contributed by atoms with E-state index in [-0.39, 0.29) is 41.9 Å². The Labute approximate surface area is 420 Å². The number of imide groups is 1. The molecule has 0 spiro atoms. The highest BCUT2D eigenvalue weighted by molar-refractivity contribution is 7.99. The van der Waals surface area contributed by atoms with E-state index in [1.54, 1.807) is 22.7 Å². The number of anilines is 1. The zero-order chi connectivity index (χ0) is 49.5. The van der Waals surface area contributed by atoms with Crippen LogP contribution in [0.15, 0.2) is 59.5 Å². The van der Waals surface area contributed by atoms with Gasteiger partial charge in [-0.05, 0) is 72.7 Å². The van der Waals surface area contributed by atoms with Crippen molar-refractivity contribution in [3.05, 3.63) is 93.7 Å². The van der Waals surface area contributed by atoms with Crippen molar-refractivity contribution in [2.45, 2.75) is 81.8 Å². The van der Waals surface area contributed by atoms with E-state index < -0.39 is 11.9 Å². The van der Waals surface area contributed by atoms with Crippen LogP contribution in [-0.2, 0) is 56.4 Å². The molecular formula is C54H68N6O10S. The van der Waals surface area contributed by atoms with Gasteiger partial charge >= 0.3 is 0 Å². The highest BCUT2D eigenvalue weighted by Gasteiger charge is 2.42. The second-order valence-corrected chi connectivity index (χ2v) is 20.6. The summed E-state index contributed by atoms with van der Waals surface area (Å²) in [6.07, 6.45) is 3.56. The van der Waals surface area contributed by atoms with Gasteiger partial charge in [0.05, 0.1) is 65.0 Å². The summed E-state index contributed by atoms with van der Waals surface area (Å²) >= 11 is 1.61. The average molecular weight is 993 g/mol. The first kappa shape index (κ1) is 50.8. The monoisotopic (exact) mass is 992 g/mol. The molecule has 5 heterocycles. The molecular weight excluding hydrogens is 925 g/mol. The van der Waals surface area contributed by atoms with Gasteiger partial charge in [0.25, 0.3) is 5.91 Å². The topological polar surface area (TPSA) is 172 Å². The summed E-state index contributed by atoms with van der Waals surface area (Å²) in [7, 11) is 0. The molecule has 1 unspecified atom stereocenters. The number of para-hydroxylation sites is 1. The molecule has 71 heavy (non-hydrogen) atoms. The number of H-pyrrole nitrogens is 1. The Balaban J connectivity index is 0.582. The largest absolute Gasteiger partial charge is 0.378 e. The normalized spacial score (nSPS) is 19.4. The molecule has 4 aliphatic heterocycles. The number of thioether (sulfide) groups is 1. The number of hydrogen-bond acceptors (Lipinski definition) is 13. The van der Waals surface area contributed by atoms with Crippen molar-refractivity contribution in [3.63, 3.8) is 0 Å². The molecule has 1 aliphatic carbocycles. The Morgan fingerprint density at radius 3 is 2.13 bits per heavy atom. The summed E-state index contributed by atoms with van der Waals surface area (Å²) in [6.45, 7) is 16.0. The number of ether oxygens (including phenoxy) is 5. The van der Waals surface area contributed by atoms with Crippen LogP contribution in [0.2, 0.25) is 0 Å². The number of aromatic nitrogens is 1. The number of piperidine rings is 2. The lowest BCUT2D eigenvalue weighted by Gasteiger charge is -2.44. The quantitative estimate of drug-likeness (QED) is 0.0588. The van der Waals surface area contributed by atoms with Crippen LogP contribution >= 0.6 is 11.8 Å². The van der Waals surface area contributed by atoms with E-state index in [0.29, 0.717) is 103 Å². The van der Waals surface area contributed by atoms with Crippen LogP contribution in [0.3, 0.4) is 0 Å². The van der Waals surface area contributed by atoms with Gasteiger partial charge in [0.15, 0.2) is 5.78 Å². The first-order chi connectivity index (χ1) is 34.5. The Bertz CT molecular complexity index is 2580. The third-order valence-corrected chi connectivity index (χ3v) is 15.9. The zero-order valence-electron chi connectivity index (χ0n) is 41.4. The van der Waals surface area contributed by atoms with Gasteiger partial charge < -0.3 is 43.4 Å². The Morgan fingerprint density at radius 1 is 0.761 bits per heavy atom. The summed E-state index contributed by atoms with van der Waals surface area (Å²) in [4.78, 5) is 77.2. The summed E-state index contributed by atoms with van der Waals surface area (Å²) in [5, 5.41) is 3.35. The summed E-state index contributed by atoms with van der Waals surface area (Å²) in [5.41, 5.74) is 8.42. The molecule has 1 aromatic heterocycles. The number of aromatic amines is 1. The van der Waals surface area contributed by atoms with Gasteiger partial charge in [-0.25, -0.2) is 0 Å². The fraction of sp³-hybridized carbons (Fsp3) is 0.537. The van der Waals surface area contributed by atoms with Gasteiger partial charge in [0.1, 0.15) is 12.6 Å². The predicted molar refractivity (Wildman–Crippen MR) is 270 cm³/mol. The number of nitrogens with one attached hydrogen (secondary N) is 2. The number of carbonyl (C=O) groups is 5. The third-order valence-electron chi connectivity index (χ3n) is 14.8. The number of piperazine rings is 1. The van der Waals surface area contributed by atoms with Gasteiger partial charge in [0.2, 0.25) is 17.7 Å². The molecule has 4 amide bonds. The van der Waals surface area contributed by atoms with E-state index in [1.165, 1.54) is 11.3 Å². The molecule has 1 atom stereocenters. The third kappa shape index (κ3) is 11.3. The number of benzene rings is 3. The van der Waals surface area contributed by atoms with Crippen molar-refractivity contribution in [3.8, 4) is 0 Å². The predicted octanol–water partition coefficient (Wildman–Crippen LogP) is 5.35. The second-order valence-electron chi connectivity index (χ2n) is 19.4. The van der Waals surface area contributed by atoms with Crippen molar-refractivity contribution < 1.29 is 47.7 Å². The molecule has 0 saturated carbocycles. The first-order valence-electron chi connectivity index (χ1n) is 25.4. The number of amides is 4. The number of nitrogens with zero attached hydrogens (tertiary/aromatic N) is 4. The number of fused-ring (bicyclic) bond motifs is 5. The smallest absolute Gasteiger partial charge is 0.255 e. The van der Waals surface area contributed by atoms with E-state index in [9.17, 15) is 24.0 Å². The highest BCUT2D eigenvalue weighted by Crippen LogP contribution is 2.46. The molecule has 9 rings (SSSR count). The van der Waals surface area contributed by atoms with E-state index >= 15 is 0 Å². The molecule has 3 saturated heterocycles. The second kappa shape index (κ2) is 23.2. The summed E-state index contributed by atoms with van der Waals surface area (Å²) in [5.74, 6) is -0.0495. The molecule has 380 valence electrons. The van der Waals surface area contributed by atoms with Crippen LogP contribution in [0.4, 0.5) is 5.69 Å². The van der Waals surface area contributed by atoms with Gasteiger partial charge in [-0.15, -0.1) is 11.8 Å². The maximum absolute atomic E-state index is 14.1. The van der Waals surface area contributed by atoms with Gasteiger partial charge in [-0.1, -0.05) is 45.0 Å². The zero-order valence-corrected chi connectivity index (χ0v) is 42.2. The Kier molecular flexibility index (Phi) is 16.6. The van der Waals surface area contributed by atoms with Gasteiger partial charge in [0, 0.05) is 108 Å². The van der Waals surface area contributed by atoms with E-state index in [0.717, 1.165) is 89.2 Å². The lowest BCUT2D eigenvalue weighted by Crippen LogP contribution is -2.55. The summed E-state index contributed by atoms with van der Waals surface area (Å²) in [6, 6.07) is 18.1. The fourth-order valence-corrected chi connectivity index (χ4v) is 11.8. The minimum absolute atomic E-state index is 0.0166. The van der Waals surface area contributed by atoms with Crippen LogP contribution < -0.4 is 10.2 Å². The lowest BCUT2D eigenvalue weighted by molar-refractivity contribution is -0.139.